The van der Waals surface area contributed by atoms with Crippen molar-refractivity contribution in [2.75, 3.05) is 11.1 Å². The number of hydrogen-bond acceptors (Lipinski definition) is 7. The maximum absolute atomic E-state index is 12.3. The number of aliphatic carboxylic acids is 1. The van der Waals surface area contributed by atoms with E-state index in [0.717, 1.165) is 18.2 Å². The van der Waals surface area contributed by atoms with Crippen LogP contribution < -0.4 is 21.7 Å². The minimum absolute atomic E-state index is 0.0484. The van der Waals surface area contributed by atoms with Crippen LogP contribution >= 0.6 is 23.4 Å². The maximum Gasteiger partial charge on any atom is 0.277 e. The minimum Gasteiger partial charge on any atom is -0.549 e. The number of nitrogens with two attached hydrogens (primary N) is 1. The first-order valence-corrected chi connectivity index (χ1v) is 9.41. The van der Waals surface area contributed by atoms with Gasteiger partial charge in [0.25, 0.3) is 11.5 Å². The lowest BCUT2D eigenvalue weighted by Crippen LogP contribution is -2.34. The van der Waals surface area contributed by atoms with Gasteiger partial charge in [0.05, 0.1) is 11.2 Å². The fourth-order valence-corrected chi connectivity index (χ4v) is 3.26. The van der Waals surface area contributed by atoms with Crippen molar-refractivity contribution in [2.24, 2.45) is 0 Å². The molecule has 144 valence electrons. The van der Waals surface area contributed by atoms with E-state index in [2.05, 4.69) is 15.3 Å². The van der Waals surface area contributed by atoms with Gasteiger partial charge in [-0.25, -0.2) is 4.98 Å². The highest BCUT2D eigenvalue weighted by Crippen LogP contribution is 2.24. The number of carboxylic acids is 1. The fourth-order valence-electron chi connectivity index (χ4n) is 2.18. The first-order chi connectivity index (χ1) is 12.8. The van der Waals surface area contributed by atoms with E-state index in [1.54, 1.807) is 12.1 Å². The van der Waals surface area contributed by atoms with Crippen LogP contribution in [0.3, 0.4) is 0 Å². The van der Waals surface area contributed by atoms with Crippen LogP contribution in [0.5, 0.6) is 0 Å². The molecule has 10 heteroatoms. The summed E-state index contributed by atoms with van der Waals surface area (Å²) in [5.41, 5.74) is 5.18. The predicted molar refractivity (Wildman–Crippen MR) is 103 cm³/mol. The van der Waals surface area contributed by atoms with E-state index < -0.39 is 22.7 Å². The topological polar surface area (TPSA) is 141 Å². The Morgan fingerprint density at radius 3 is 2.59 bits per heavy atom. The third-order valence-corrected chi connectivity index (χ3v) is 4.99. The lowest BCUT2D eigenvalue weighted by atomic mass is 10.2. The number of amides is 1. The Hall–Kier alpha value is -2.52. The number of nitrogens with zero attached hydrogens (tertiary/aromatic N) is 1. The van der Waals surface area contributed by atoms with Gasteiger partial charge in [-0.15, -0.1) is 0 Å². The lowest BCUT2D eigenvalue weighted by molar-refractivity contribution is -0.304. The SMILES string of the molecule is CCCC[C@@H](Sc1nc(N)c(NC(=O)c2ccc(Cl)cc2)c(=O)[nH]1)C(=O)[O-]. The third kappa shape index (κ3) is 5.73. The molecule has 1 atom stereocenters. The van der Waals surface area contributed by atoms with Crippen LogP contribution in [0.15, 0.2) is 34.2 Å². The molecule has 0 saturated heterocycles. The van der Waals surface area contributed by atoms with Crippen LogP contribution in [-0.2, 0) is 4.79 Å². The van der Waals surface area contributed by atoms with E-state index in [1.165, 1.54) is 12.1 Å². The second-order valence-electron chi connectivity index (χ2n) is 5.66. The van der Waals surface area contributed by atoms with E-state index in [4.69, 9.17) is 17.3 Å². The Morgan fingerprint density at radius 1 is 1.37 bits per heavy atom. The molecule has 0 spiro atoms. The van der Waals surface area contributed by atoms with E-state index in [1.807, 2.05) is 6.92 Å². The second-order valence-corrected chi connectivity index (χ2v) is 7.29. The van der Waals surface area contributed by atoms with Gasteiger partial charge < -0.3 is 21.0 Å². The van der Waals surface area contributed by atoms with Gasteiger partial charge in [0, 0.05) is 10.6 Å². The van der Waals surface area contributed by atoms with Crippen LogP contribution in [0, 0.1) is 0 Å². The molecule has 0 unspecified atom stereocenters. The number of carbonyl (C=O) groups is 2. The van der Waals surface area contributed by atoms with Gasteiger partial charge in [0.15, 0.2) is 11.0 Å². The largest absolute Gasteiger partial charge is 0.549 e. The highest BCUT2D eigenvalue weighted by molar-refractivity contribution is 8.00. The number of benzene rings is 1. The third-order valence-electron chi connectivity index (χ3n) is 3.61. The Kier molecular flexibility index (Phi) is 7.26. The second kappa shape index (κ2) is 9.43. The summed E-state index contributed by atoms with van der Waals surface area (Å²) in [5.74, 6) is -2.01. The molecular weight excluding hydrogens is 392 g/mol. The monoisotopic (exact) mass is 409 g/mol. The van der Waals surface area contributed by atoms with Crippen molar-refractivity contribution < 1.29 is 14.7 Å². The number of carbonyl (C=O) groups excluding carboxylic acids is 2. The Morgan fingerprint density at radius 2 is 2.04 bits per heavy atom. The number of nitrogen functional groups attached to an aromatic ring is 1. The van der Waals surface area contributed by atoms with Crippen molar-refractivity contribution >= 4 is 46.7 Å². The Labute approximate surface area is 164 Å². The Balaban J connectivity index is 2.18. The van der Waals surface area contributed by atoms with Crippen LogP contribution in [0.2, 0.25) is 5.02 Å². The van der Waals surface area contributed by atoms with Crippen LogP contribution in [-0.4, -0.2) is 27.1 Å². The summed E-state index contributed by atoms with van der Waals surface area (Å²) in [6.07, 6.45) is 1.90. The number of rotatable bonds is 8. The molecule has 2 aromatic rings. The Bertz CT molecular complexity index is 885. The number of aromatic nitrogens is 2. The molecule has 1 aromatic heterocycles. The number of halogens is 1. The number of aromatic amines is 1. The zero-order chi connectivity index (χ0) is 20.0. The van der Waals surface area contributed by atoms with E-state index in [-0.39, 0.29) is 22.2 Å². The molecule has 0 bridgehead atoms. The molecule has 2 rings (SSSR count). The smallest absolute Gasteiger partial charge is 0.277 e. The molecule has 0 fully saturated rings. The highest BCUT2D eigenvalue weighted by Gasteiger charge is 2.17. The number of hydrogen-bond donors (Lipinski definition) is 3. The average Bonchev–Trinajstić information content (AvgIpc) is 2.61. The van der Waals surface area contributed by atoms with Crippen molar-refractivity contribution in [1.29, 1.82) is 0 Å². The molecular formula is C17H18ClN4O4S-. The van der Waals surface area contributed by atoms with E-state index in [9.17, 15) is 19.5 Å². The number of thioether (sulfide) groups is 1. The fraction of sp³-hybridized carbons (Fsp3) is 0.294. The summed E-state index contributed by atoms with van der Waals surface area (Å²) in [7, 11) is 0. The van der Waals surface area contributed by atoms with Gasteiger partial charge in [-0.3, -0.25) is 14.6 Å². The molecule has 0 aliphatic rings. The van der Waals surface area contributed by atoms with Crippen molar-refractivity contribution in [3.8, 4) is 0 Å². The molecule has 0 aliphatic heterocycles. The first kappa shape index (κ1) is 20.8. The van der Waals surface area contributed by atoms with E-state index in [0.29, 0.717) is 17.9 Å². The van der Waals surface area contributed by atoms with Gasteiger partial charge in [0.1, 0.15) is 5.69 Å². The van der Waals surface area contributed by atoms with Crippen LogP contribution in [0.1, 0.15) is 36.5 Å². The normalized spacial score (nSPS) is 11.8. The molecule has 27 heavy (non-hydrogen) atoms. The predicted octanol–water partition coefficient (Wildman–Crippen LogP) is 1.66. The summed E-state index contributed by atoms with van der Waals surface area (Å²) < 4.78 is 0. The summed E-state index contributed by atoms with van der Waals surface area (Å²) in [6, 6.07) is 6.08. The molecule has 4 N–H and O–H groups in total. The van der Waals surface area contributed by atoms with Crippen molar-refractivity contribution in [1.82, 2.24) is 9.97 Å². The number of unbranched alkanes of at least 4 members (excludes halogenated alkanes) is 1. The van der Waals surface area contributed by atoms with Gasteiger partial charge in [-0.2, -0.15) is 0 Å². The molecule has 0 aliphatic carbocycles. The molecule has 1 amide bonds. The maximum atomic E-state index is 12.3. The number of carboxylic acid groups (broad SMARTS) is 1. The quantitative estimate of drug-likeness (QED) is 0.444. The van der Waals surface area contributed by atoms with Crippen molar-refractivity contribution in [3.05, 3.63) is 45.2 Å². The summed E-state index contributed by atoms with van der Waals surface area (Å²) in [5, 5.41) is 13.3. The minimum atomic E-state index is -1.24. The summed E-state index contributed by atoms with van der Waals surface area (Å²) in [6.45, 7) is 1.94. The van der Waals surface area contributed by atoms with Crippen molar-refractivity contribution in [3.63, 3.8) is 0 Å². The molecule has 1 aromatic carbocycles. The lowest BCUT2D eigenvalue weighted by Gasteiger charge is -2.17. The van der Waals surface area contributed by atoms with Crippen LogP contribution in [0.25, 0.3) is 0 Å². The average molecular weight is 410 g/mol. The van der Waals surface area contributed by atoms with Crippen molar-refractivity contribution in [2.45, 2.75) is 36.6 Å². The van der Waals surface area contributed by atoms with Gasteiger partial charge in [0.2, 0.25) is 0 Å². The summed E-state index contributed by atoms with van der Waals surface area (Å²) >= 11 is 6.63. The van der Waals surface area contributed by atoms with Gasteiger partial charge in [-0.05, 0) is 30.7 Å². The number of nitrogens with one attached hydrogen (secondary N) is 2. The first-order valence-electron chi connectivity index (χ1n) is 8.16. The molecule has 0 radical (unpaired) electrons. The molecule has 0 saturated carbocycles. The van der Waals surface area contributed by atoms with Gasteiger partial charge >= 0.3 is 0 Å². The van der Waals surface area contributed by atoms with E-state index >= 15 is 0 Å². The summed E-state index contributed by atoms with van der Waals surface area (Å²) in [4.78, 5) is 42.1. The molecule has 8 nitrogen and oxygen atoms in total. The number of anilines is 2. The zero-order valence-electron chi connectivity index (χ0n) is 14.5. The van der Waals surface area contributed by atoms with Gasteiger partial charge in [-0.1, -0.05) is 43.1 Å². The highest BCUT2D eigenvalue weighted by atomic mass is 35.5. The standard InChI is InChI=1S/C17H19ClN4O4S/c1-2-3-4-11(16(25)26)27-17-21-13(19)12(15(24)22-17)20-14(23)9-5-7-10(18)8-6-9/h5-8,11H,2-4H2,1H3,(H,20,23)(H,25,26)(H3,19,21,22,24)/p-1/t11-/m1/s1. The van der Waals surface area contributed by atoms with Crippen LogP contribution in [0.4, 0.5) is 11.5 Å². The molecule has 1 heterocycles. The number of H-pyrrole nitrogens is 1. The zero-order valence-corrected chi connectivity index (χ0v) is 16.0.